The Morgan fingerprint density at radius 1 is 1.50 bits per heavy atom. The fourth-order valence-corrected chi connectivity index (χ4v) is 1.71. The van der Waals surface area contributed by atoms with E-state index in [9.17, 15) is 9.59 Å². The van der Waals surface area contributed by atoms with Crippen molar-refractivity contribution < 1.29 is 14.7 Å². The van der Waals surface area contributed by atoms with Gasteiger partial charge in [-0.3, -0.25) is 4.79 Å². The summed E-state index contributed by atoms with van der Waals surface area (Å²) in [6.07, 6.45) is 2.26. The van der Waals surface area contributed by atoms with Gasteiger partial charge in [0.05, 0.1) is 6.04 Å². The average molecular weight is 200 g/mol. The Balaban J connectivity index is 2.72. The quantitative estimate of drug-likeness (QED) is 0.646. The van der Waals surface area contributed by atoms with Crippen LogP contribution in [0.1, 0.15) is 26.2 Å². The van der Waals surface area contributed by atoms with Crippen molar-refractivity contribution >= 4 is 11.9 Å². The van der Waals surface area contributed by atoms with E-state index < -0.39 is 18.1 Å². The second-order valence-electron chi connectivity index (χ2n) is 3.67. The van der Waals surface area contributed by atoms with Gasteiger partial charge in [-0.05, 0) is 26.2 Å². The predicted molar refractivity (Wildman–Crippen MR) is 50.6 cm³/mol. The van der Waals surface area contributed by atoms with E-state index >= 15 is 0 Å². The van der Waals surface area contributed by atoms with Gasteiger partial charge < -0.3 is 15.7 Å². The second-order valence-corrected chi connectivity index (χ2v) is 3.67. The first-order chi connectivity index (χ1) is 6.54. The van der Waals surface area contributed by atoms with Gasteiger partial charge in [0.15, 0.2) is 0 Å². The number of aliphatic carboxylic acids is 1. The minimum Gasteiger partial charge on any atom is -0.480 e. The van der Waals surface area contributed by atoms with Crippen LogP contribution in [0.3, 0.4) is 0 Å². The minimum atomic E-state index is -0.932. The van der Waals surface area contributed by atoms with Crippen molar-refractivity contribution in [3.05, 3.63) is 0 Å². The molecule has 14 heavy (non-hydrogen) atoms. The number of carboxylic acids is 1. The summed E-state index contributed by atoms with van der Waals surface area (Å²) in [5, 5.41) is 8.90. The molecule has 1 heterocycles. The van der Waals surface area contributed by atoms with E-state index in [1.54, 1.807) is 6.92 Å². The van der Waals surface area contributed by atoms with E-state index in [4.69, 9.17) is 10.8 Å². The fourth-order valence-electron chi connectivity index (χ4n) is 1.71. The molecule has 3 N–H and O–H groups in total. The number of amides is 1. The molecule has 80 valence electrons. The zero-order valence-corrected chi connectivity index (χ0v) is 8.27. The van der Waals surface area contributed by atoms with Crippen LogP contribution >= 0.6 is 0 Å². The lowest BCUT2D eigenvalue weighted by molar-refractivity contribution is -0.152. The van der Waals surface area contributed by atoms with E-state index in [1.165, 1.54) is 4.90 Å². The standard InChI is InChI=1S/C9H16N2O3/c1-6(10)8(12)11-5-3-2-4-7(11)9(13)14/h6-7H,2-5,10H2,1H3,(H,13,14)/t6-,7+/m1/s1. The van der Waals surface area contributed by atoms with E-state index in [1.807, 2.05) is 0 Å². The van der Waals surface area contributed by atoms with E-state index in [0.717, 1.165) is 12.8 Å². The van der Waals surface area contributed by atoms with Crippen LogP contribution in [-0.4, -0.2) is 40.5 Å². The summed E-state index contributed by atoms with van der Waals surface area (Å²) >= 11 is 0. The lowest BCUT2D eigenvalue weighted by Crippen LogP contribution is -2.52. The molecule has 1 rings (SSSR count). The van der Waals surface area contributed by atoms with Crippen molar-refractivity contribution in [1.29, 1.82) is 0 Å². The van der Waals surface area contributed by atoms with Crippen LogP contribution < -0.4 is 5.73 Å². The molecule has 1 saturated heterocycles. The molecule has 1 amide bonds. The molecule has 1 aliphatic heterocycles. The summed E-state index contributed by atoms with van der Waals surface area (Å²) in [5.41, 5.74) is 5.44. The number of hydrogen-bond acceptors (Lipinski definition) is 3. The van der Waals surface area contributed by atoms with Crippen LogP contribution in [0.4, 0.5) is 0 Å². The van der Waals surface area contributed by atoms with Gasteiger partial charge in [-0.1, -0.05) is 0 Å². The lowest BCUT2D eigenvalue weighted by atomic mass is 10.0. The first kappa shape index (κ1) is 11.0. The molecule has 5 nitrogen and oxygen atoms in total. The van der Waals surface area contributed by atoms with E-state index in [-0.39, 0.29) is 5.91 Å². The number of carbonyl (C=O) groups excluding carboxylic acids is 1. The SMILES string of the molecule is C[C@@H](N)C(=O)N1CCCC[C@H]1C(=O)O. The third-order valence-corrected chi connectivity index (χ3v) is 2.46. The normalized spacial score (nSPS) is 24.4. The van der Waals surface area contributed by atoms with Gasteiger partial charge >= 0.3 is 5.97 Å². The van der Waals surface area contributed by atoms with Gasteiger partial charge in [-0.15, -0.1) is 0 Å². The molecule has 0 unspecified atom stereocenters. The van der Waals surface area contributed by atoms with Crippen LogP contribution in [0.15, 0.2) is 0 Å². The number of nitrogens with two attached hydrogens (primary N) is 1. The van der Waals surface area contributed by atoms with Crippen molar-refractivity contribution in [3.63, 3.8) is 0 Å². The van der Waals surface area contributed by atoms with Crippen LogP contribution in [0.25, 0.3) is 0 Å². The highest BCUT2D eigenvalue weighted by Crippen LogP contribution is 2.17. The summed E-state index contributed by atoms with van der Waals surface area (Å²) in [5.74, 6) is -1.20. The van der Waals surface area contributed by atoms with Gasteiger partial charge in [0.1, 0.15) is 6.04 Å². The van der Waals surface area contributed by atoms with E-state index in [2.05, 4.69) is 0 Å². The minimum absolute atomic E-state index is 0.267. The molecular formula is C9H16N2O3. The number of nitrogens with zero attached hydrogens (tertiary/aromatic N) is 1. The summed E-state index contributed by atoms with van der Waals surface area (Å²) in [7, 11) is 0. The summed E-state index contributed by atoms with van der Waals surface area (Å²) in [6, 6.07) is -1.29. The molecule has 1 fully saturated rings. The van der Waals surface area contributed by atoms with E-state index in [0.29, 0.717) is 13.0 Å². The molecule has 2 atom stereocenters. The van der Waals surface area contributed by atoms with Gasteiger partial charge in [-0.25, -0.2) is 4.79 Å². The number of piperidine rings is 1. The van der Waals surface area contributed by atoms with Crippen LogP contribution in [-0.2, 0) is 9.59 Å². The van der Waals surface area contributed by atoms with Crippen molar-refractivity contribution in [2.24, 2.45) is 5.73 Å². The highest BCUT2D eigenvalue weighted by molar-refractivity contribution is 5.86. The average Bonchev–Trinajstić information content (AvgIpc) is 2.16. The second kappa shape index (κ2) is 4.41. The Morgan fingerprint density at radius 2 is 2.14 bits per heavy atom. The Hall–Kier alpha value is -1.10. The summed E-state index contributed by atoms with van der Waals surface area (Å²) < 4.78 is 0. The largest absolute Gasteiger partial charge is 0.480 e. The monoisotopic (exact) mass is 200 g/mol. The smallest absolute Gasteiger partial charge is 0.326 e. The number of likely N-dealkylation sites (tertiary alicyclic amines) is 1. The van der Waals surface area contributed by atoms with Crippen LogP contribution in [0, 0.1) is 0 Å². The first-order valence-corrected chi connectivity index (χ1v) is 4.83. The lowest BCUT2D eigenvalue weighted by Gasteiger charge is -2.33. The van der Waals surface area contributed by atoms with Gasteiger partial charge in [0.25, 0.3) is 0 Å². The summed E-state index contributed by atoms with van der Waals surface area (Å²) in [6.45, 7) is 2.09. The Labute approximate surface area is 82.9 Å². The zero-order chi connectivity index (χ0) is 10.7. The molecular weight excluding hydrogens is 184 g/mol. The maximum absolute atomic E-state index is 11.6. The van der Waals surface area contributed by atoms with Gasteiger partial charge in [0.2, 0.25) is 5.91 Å². The van der Waals surface area contributed by atoms with Crippen molar-refractivity contribution in [3.8, 4) is 0 Å². The Kier molecular flexibility index (Phi) is 3.46. The highest BCUT2D eigenvalue weighted by Gasteiger charge is 2.32. The maximum Gasteiger partial charge on any atom is 0.326 e. The highest BCUT2D eigenvalue weighted by atomic mass is 16.4. The third kappa shape index (κ3) is 2.23. The molecule has 0 saturated carbocycles. The summed E-state index contributed by atoms with van der Waals surface area (Å²) in [4.78, 5) is 23.8. The number of rotatable bonds is 2. The zero-order valence-electron chi connectivity index (χ0n) is 8.27. The number of carboxylic acid groups (broad SMARTS) is 1. The molecule has 5 heteroatoms. The van der Waals surface area contributed by atoms with Crippen molar-refractivity contribution in [2.45, 2.75) is 38.3 Å². The molecule has 0 aromatic carbocycles. The molecule has 0 aliphatic carbocycles. The Morgan fingerprint density at radius 3 is 2.64 bits per heavy atom. The molecule has 0 radical (unpaired) electrons. The van der Waals surface area contributed by atoms with Crippen molar-refractivity contribution in [1.82, 2.24) is 4.90 Å². The van der Waals surface area contributed by atoms with Crippen LogP contribution in [0.5, 0.6) is 0 Å². The number of hydrogen-bond donors (Lipinski definition) is 2. The molecule has 0 aromatic rings. The Bertz CT molecular complexity index is 240. The third-order valence-electron chi connectivity index (χ3n) is 2.46. The molecule has 0 bridgehead atoms. The molecule has 0 spiro atoms. The molecule has 1 aliphatic rings. The van der Waals surface area contributed by atoms with Gasteiger partial charge in [-0.2, -0.15) is 0 Å². The molecule has 0 aromatic heterocycles. The van der Waals surface area contributed by atoms with Crippen molar-refractivity contribution in [2.75, 3.05) is 6.54 Å². The maximum atomic E-state index is 11.6. The first-order valence-electron chi connectivity index (χ1n) is 4.83. The predicted octanol–water partition coefficient (Wildman–Crippen LogP) is -0.201. The fraction of sp³-hybridized carbons (Fsp3) is 0.778. The van der Waals surface area contributed by atoms with Gasteiger partial charge in [0, 0.05) is 6.54 Å². The van der Waals surface area contributed by atoms with Crippen LogP contribution in [0.2, 0.25) is 0 Å². The number of carbonyl (C=O) groups is 2. The topological polar surface area (TPSA) is 83.6 Å².